The van der Waals surface area contributed by atoms with Crippen molar-refractivity contribution < 1.29 is 54.6 Å². The van der Waals surface area contributed by atoms with Crippen LogP contribution in [0.5, 0.6) is 0 Å². The summed E-state index contributed by atoms with van der Waals surface area (Å²) < 4.78 is 117. The lowest BCUT2D eigenvalue weighted by atomic mass is 10.0. The summed E-state index contributed by atoms with van der Waals surface area (Å²) in [5.41, 5.74) is -3.07. The van der Waals surface area contributed by atoms with Crippen molar-refractivity contribution in [1.82, 2.24) is 19.7 Å². The average molecular weight is 643 g/mol. The summed E-state index contributed by atoms with van der Waals surface area (Å²) in [6.45, 7) is -1.25. The molecule has 0 radical (unpaired) electrons. The van der Waals surface area contributed by atoms with Gasteiger partial charge in [0.1, 0.15) is 34.9 Å². The molecule has 17 heteroatoms. The number of ether oxygens (including phenoxy) is 1. The van der Waals surface area contributed by atoms with E-state index in [0.29, 0.717) is 17.0 Å². The van der Waals surface area contributed by atoms with Gasteiger partial charge in [-0.2, -0.15) is 26.3 Å². The number of carboxylic acid groups (broad SMARTS) is 1. The van der Waals surface area contributed by atoms with E-state index in [9.17, 15) is 41.0 Å². The molecule has 1 fully saturated rings. The number of benzene rings is 1. The van der Waals surface area contributed by atoms with Gasteiger partial charge in [-0.05, 0) is 36.4 Å². The third kappa shape index (κ3) is 6.38. The van der Waals surface area contributed by atoms with E-state index in [4.69, 9.17) is 4.74 Å². The molecular weight excluding hydrogens is 622 g/mol. The third-order valence-electron chi connectivity index (χ3n) is 7.11. The third-order valence-corrected chi connectivity index (χ3v) is 7.11. The zero-order valence-electron chi connectivity index (χ0n) is 22.7. The minimum Gasteiger partial charge on any atom is -0.480 e. The molecule has 0 bridgehead atoms. The number of carbonyl (C=O) groups is 2. The molecule has 3 aromatic heterocycles. The van der Waals surface area contributed by atoms with Crippen LogP contribution in [0.25, 0.3) is 16.9 Å². The minimum atomic E-state index is -4.78. The maximum atomic E-state index is 15.0. The fourth-order valence-corrected chi connectivity index (χ4v) is 5.03. The van der Waals surface area contributed by atoms with Gasteiger partial charge in [0.25, 0.3) is 5.91 Å². The molecular formula is C28H21F8N5O4. The Morgan fingerprint density at radius 1 is 1.04 bits per heavy atom. The highest BCUT2D eigenvalue weighted by Gasteiger charge is 2.46. The zero-order valence-corrected chi connectivity index (χ0v) is 22.7. The Labute approximate surface area is 248 Å². The molecule has 1 saturated heterocycles. The van der Waals surface area contributed by atoms with Crippen LogP contribution in [-0.2, 0) is 22.1 Å². The number of hydrogen-bond donors (Lipinski definition) is 2. The van der Waals surface area contributed by atoms with Gasteiger partial charge < -0.3 is 24.5 Å². The molecule has 0 saturated carbocycles. The fraction of sp³-hybridized carbons (Fsp3) is 0.286. The van der Waals surface area contributed by atoms with Gasteiger partial charge in [-0.1, -0.05) is 0 Å². The molecule has 2 atom stereocenters. The first-order chi connectivity index (χ1) is 21.2. The standard InChI is InChI=1S/C28H21F8N5O4/c29-18-10-15(40-8-9-45-13-21(40)28(34,35)36)11-19(30)22(18)25(42)39-20(26(43)44)12-14-3-4-16(24-38-6-7-41(14)24)23-17(27(31,32)33)2-1-5-37-23/h1-7,10-11,20-21H,8-9,12-13H2,(H,39,42)(H,43,44)/t20-,21+/m0/s1. The number of amides is 1. The van der Waals surface area contributed by atoms with E-state index in [2.05, 4.69) is 9.97 Å². The molecule has 4 heterocycles. The van der Waals surface area contributed by atoms with Crippen LogP contribution in [-0.4, -0.2) is 69.4 Å². The van der Waals surface area contributed by atoms with Crippen molar-refractivity contribution >= 4 is 23.2 Å². The summed E-state index contributed by atoms with van der Waals surface area (Å²) in [5, 5.41) is 11.8. The molecule has 0 aliphatic carbocycles. The lowest BCUT2D eigenvalue weighted by Gasteiger charge is -2.38. The van der Waals surface area contributed by atoms with Gasteiger partial charge in [-0.15, -0.1) is 0 Å². The molecule has 5 rings (SSSR count). The van der Waals surface area contributed by atoms with E-state index >= 15 is 8.78 Å². The number of halogens is 8. The number of morpholine rings is 1. The second-order valence-electron chi connectivity index (χ2n) is 9.94. The zero-order chi connectivity index (χ0) is 32.7. The first kappa shape index (κ1) is 31.6. The molecule has 0 spiro atoms. The Morgan fingerprint density at radius 2 is 1.76 bits per heavy atom. The van der Waals surface area contributed by atoms with Gasteiger partial charge in [0.2, 0.25) is 0 Å². The molecule has 238 valence electrons. The second-order valence-corrected chi connectivity index (χ2v) is 9.94. The number of alkyl halides is 6. The van der Waals surface area contributed by atoms with Crippen molar-refractivity contribution in [2.75, 3.05) is 24.7 Å². The van der Waals surface area contributed by atoms with Crippen LogP contribution < -0.4 is 10.2 Å². The van der Waals surface area contributed by atoms with Crippen molar-refractivity contribution in [3.8, 4) is 11.3 Å². The van der Waals surface area contributed by atoms with Crippen LogP contribution in [0.3, 0.4) is 0 Å². The van der Waals surface area contributed by atoms with Gasteiger partial charge in [0.15, 0.2) is 0 Å². The lowest BCUT2D eigenvalue weighted by Crippen LogP contribution is -2.53. The highest BCUT2D eigenvalue weighted by Crippen LogP contribution is 2.37. The van der Waals surface area contributed by atoms with E-state index in [-0.39, 0.29) is 30.1 Å². The summed E-state index contributed by atoms with van der Waals surface area (Å²) >= 11 is 0. The van der Waals surface area contributed by atoms with E-state index in [1.165, 1.54) is 28.9 Å². The monoisotopic (exact) mass is 643 g/mol. The molecule has 0 unspecified atom stereocenters. The molecule has 4 aromatic rings. The fourth-order valence-electron chi connectivity index (χ4n) is 5.03. The molecule has 1 aliphatic heterocycles. The molecule has 2 N–H and O–H groups in total. The van der Waals surface area contributed by atoms with Crippen molar-refractivity contribution in [3.05, 3.63) is 83.4 Å². The first-order valence-corrected chi connectivity index (χ1v) is 13.1. The number of pyridine rings is 2. The summed E-state index contributed by atoms with van der Waals surface area (Å²) in [6.07, 6.45) is -6.29. The van der Waals surface area contributed by atoms with Gasteiger partial charge >= 0.3 is 18.3 Å². The summed E-state index contributed by atoms with van der Waals surface area (Å²) in [7, 11) is 0. The van der Waals surface area contributed by atoms with Gasteiger partial charge in [0.05, 0.1) is 24.5 Å². The highest BCUT2D eigenvalue weighted by atomic mass is 19.4. The quantitative estimate of drug-likeness (QED) is 0.276. The maximum absolute atomic E-state index is 15.0. The minimum absolute atomic E-state index is 0.0138. The second kappa shape index (κ2) is 11.9. The molecule has 1 aliphatic rings. The van der Waals surface area contributed by atoms with E-state index < -0.39 is 83.5 Å². The van der Waals surface area contributed by atoms with E-state index in [1.54, 1.807) is 0 Å². The van der Waals surface area contributed by atoms with Gasteiger partial charge in [0, 0.05) is 48.5 Å². The van der Waals surface area contributed by atoms with Crippen LogP contribution >= 0.6 is 0 Å². The Bertz CT molecular complexity index is 1730. The van der Waals surface area contributed by atoms with Gasteiger partial charge in [-0.25, -0.2) is 18.6 Å². The Morgan fingerprint density at radius 3 is 2.40 bits per heavy atom. The predicted molar refractivity (Wildman–Crippen MR) is 140 cm³/mol. The van der Waals surface area contributed by atoms with Crippen molar-refractivity contribution in [2.24, 2.45) is 0 Å². The Kier molecular flexibility index (Phi) is 8.39. The Hall–Kier alpha value is -4.80. The van der Waals surface area contributed by atoms with Crippen molar-refractivity contribution in [2.45, 2.75) is 30.9 Å². The highest BCUT2D eigenvalue weighted by molar-refractivity contribution is 5.97. The van der Waals surface area contributed by atoms with Crippen molar-refractivity contribution in [3.63, 3.8) is 0 Å². The predicted octanol–water partition coefficient (Wildman–Crippen LogP) is 4.89. The van der Waals surface area contributed by atoms with Crippen LogP contribution in [0, 0.1) is 11.6 Å². The average Bonchev–Trinajstić information content (AvgIpc) is 3.46. The number of nitrogens with one attached hydrogen (secondary N) is 1. The maximum Gasteiger partial charge on any atom is 0.418 e. The SMILES string of the molecule is O=C(N[C@@H](Cc1ccc(-c2ncccc2C(F)(F)F)c2nccn12)C(=O)O)c1c(F)cc(N2CCOC[C@@H]2C(F)(F)F)cc1F. The van der Waals surface area contributed by atoms with Crippen LogP contribution in [0.15, 0.2) is 55.0 Å². The molecule has 1 aromatic carbocycles. The summed E-state index contributed by atoms with van der Waals surface area (Å²) in [6, 6.07) is 1.57. The van der Waals surface area contributed by atoms with Crippen LogP contribution in [0.1, 0.15) is 21.6 Å². The first-order valence-electron chi connectivity index (χ1n) is 13.1. The Balaban J connectivity index is 1.41. The largest absolute Gasteiger partial charge is 0.480 e. The number of carbonyl (C=O) groups excluding carboxylic acids is 1. The van der Waals surface area contributed by atoms with Crippen LogP contribution in [0.4, 0.5) is 40.8 Å². The number of fused-ring (bicyclic) bond motifs is 1. The van der Waals surface area contributed by atoms with Crippen molar-refractivity contribution in [1.29, 1.82) is 0 Å². The van der Waals surface area contributed by atoms with Gasteiger partial charge in [-0.3, -0.25) is 9.78 Å². The number of aromatic nitrogens is 3. The molecule has 9 nitrogen and oxygen atoms in total. The number of imidazole rings is 1. The molecule has 1 amide bonds. The summed E-state index contributed by atoms with van der Waals surface area (Å²) in [4.78, 5) is 33.6. The topological polar surface area (TPSA) is 109 Å². The van der Waals surface area contributed by atoms with E-state index in [0.717, 1.165) is 18.3 Å². The smallest absolute Gasteiger partial charge is 0.418 e. The number of hydrogen-bond acceptors (Lipinski definition) is 6. The lowest BCUT2D eigenvalue weighted by molar-refractivity contribution is -0.167. The van der Waals surface area contributed by atoms with E-state index in [1.807, 2.05) is 5.32 Å². The number of rotatable bonds is 7. The normalized spacial score (nSPS) is 16.5. The number of carboxylic acids is 1. The number of anilines is 1. The van der Waals surface area contributed by atoms with Crippen LogP contribution in [0.2, 0.25) is 0 Å². The number of nitrogens with zero attached hydrogens (tertiary/aromatic N) is 4. The number of aliphatic carboxylic acids is 1. The molecule has 45 heavy (non-hydrogen) atoms. The summed E-state index contributed by atoms with van der Waals surface area (Å²) in [5.74, 6) is -6.18.